The maximum absolute atomic E-state index is 5.35. The quantitative estimate of drug-likeness (QED) is 0.941. The highest BCUT2D eigenvalue weighted by Crippen LogP contribution is 2.41. The first-order chi connectivity index (χ1) is 10.2. The molecular weight excluding hydrogens is 262 g/mol. The van der Waals surface area contributed by atoms with Crippen LogP contribution in [0.5, 0.6) is 5.75 Å². The van der Waals surface area contributed by atoms with Crippen LogP contribution in [0.3, 0.4) is 0 Å². The minimum absolute atomic E-state index is 0.428. The molecule has 1 aromatic heterocycles. The standard InChI is InChI=1S/C17H23N3O/c1-10(2)20-16-7-5-12(21-3)9-15(16)19-17(20)13-8-11-4-6-14(13)18-11/h5,7,9-11,13-14,18H,4,6,8H2,1-3H3. The van der Waals surface area contributed by atoms with Crippen LogP contribution in [-0.2, 0) is 0 Å². The first kappa shape index (κ1) is 13.1. The predicted molar refractivity (Wildman–Crippen MR) is 84.0 cm³/mol. The molecule has 4 rings (SSSR count). The van der Waals surface area contributed by atoms with Crippen LogP contribution in [0.2, 0.25) is 0 Å². The summed E-state index contributed by atoms with van der Waals surface area (Å²) in [5.74, 6) is 2.70. The molecule has 1 N–H and O–H groups in total. The zero-order valence-corrected chi connectivity index (χ0v) is 13.0. The van der Waals surface area contributed by atoms with E-state index in [4.69, 9.17) is 9.72 Å². The van der Waals surface area contributed by atoms with Crippen molar-refractivity contribution < 1.29 is 4.74 Å². The van der Waals surface area contributed by atoms with Gasteiger partial charge in [-0.25, -0.2) is 4.98 Å². The van der Waals surface area contributed by atoms with E-state index in [0.717, 1.165) is 11.3 Å². The lowest BCUT2D eigenvalue weighted by atomic mass is 9.88. The third-order valence-electron chi connectivity index (χ3n) is 5.07. The molecule has 2 saturated heterocycles. The fourth-order valence-electron chi connectivity index (χ4n) is 4.14. The largest absolute Gasteiger partial charge is 0.497 e. The molecule has 3 heterocycles. The molecule has 2 bridgehead atoms. The second kappa shape index (κ2) is 4.73. The van der Waals surface area contributed by atoms with Crippen LogP contribution in [0.4, 0.5) is 0 Å². The second-order valence-corrected chi connectivity index (χ2v) is 6.68. The Hall–Kier alpha value is -1.55. The van der Waals surface area contributed by atoms with Crippen LogP contribution in [0.15, 0.2) is 18.2 Å². The average molecular weight is 285 g/mol. The van der Waals surface area contributed by atoms with E-state index in [1.54, 1.807) is 7.11 Å². The maximum Gasteiger partial charge on any atom is 0.121 e. The van der Waals surface area contributed by atoms with Crippen molar-refractivity contribution >= 4 is 11.0 Å². The van der Waals surface area contributed by atoms with Crippen molar-refractivity contribution in [3.63, 3.8) is 0 Å². The maximum atomic E-state index is 5.35. The van der Waals surface area contributed by atoms with Gasteiger partial charge in [-0.05, 0) is 45.2 Å². The van der Waals surface area contributed by atoms with Crippen LogP contribution >= 0.6 is 0 Å². The van der Waals surface area contributed by atoms with E-state index in [1.807, 2.05) is 6.07 Å². The number of benzene rings is 1. The van der Waals surface area contributed by atoms with Crippen LogP contribution in [-0.4, -0.2) is 28.7 Å². The van der Waals surface area contributed by atoms with E-state index >= 15 is 0 Å². The number of nitrogens with zero attached hydrogens (tertiary/aromatic N) is 2. The molecule has 3 atom stereocenters. The summed E-state index contributed by atoms with van der Waals surface area (Å²) in [4.78, 5) is 4.99. The molecule has 2 aromatic rings. The molecule has 3 unspecified atom stereocenters. The Labute approximate surface area is 125 Å². The van der Waals surface area contributed by atoms with Crippen molar-refractivity contribution in [2.75, 3.05) is 7.11 Å². The van der Waals surface area contributed by atoms with Crippen LogP contribution < -0.4 is 10.1 Å². The van der Waals surface area contributed by atoms with Crippen molar-refractivity contribution in [3.8, 4) is 5.75 Å². The van der Waals surface area contributed by atoms with Gasteiger partial charge in [-0.15, -0.1) is 0 Å². The Kier molecular flexibility index (Phi) is 2.96. The number of hydrogen-bond acceptors (Lipinski definition) is 3. The van der Waals surface area contributed by atoms with Gasteiger partial charge >= 0.3 is 0 Å². The van der Waals surface area contributed by atoms with Crippen molar-refractivity contribution in [3.05, 3.63) is 24.0 Å². The van der Waals surface area contributed by atoms with Gasteiger partial charge in [-0.2, -0.15) is 0 Å². The number of nitrogens with one attached hydrogen (secondary N) is 1. The number of hydrogen-bond donors (Lipinski definition) is 1. The van der Waals surface area contributed by atoms with Gasteiger partial charge in [0, 0.05) is 30.1 Å². The molecular formula is C17H23N3O. The fraction of sp³-hybridized carbons (Fsp3) is 0.588. The minimum atomic E-state index is 0.428. The van der Waals surface area contributed by atoms with Gasteiger partial charge < -0.3 is 14.6 Å². The highest BCUT2D eigenvalue weighted by atomic mass is 16.5. The van der Waals surface area contributed by atoms with Crippen molar-refractivity contribution in [1.82, 2.24) is 14.9 Å². The number of fused-ring (bicyclic) bond motifs is 3. The lowest BCUT2D eigenvalue weighted by Gasteiger charge is -2.22. The number of aromatic nitrogens is 2. The Morgan fingerprint density at radius 2 is 2.19 bits per heavy atom. The summed E-state index contributed by atoms with van der Waals surface area (Å²) in [6.07, 6.45) is 3.86. The Bertz CT molecular complexity index is 676. The monoisotopic (exact) mass is 285 g/mol. The molecule has 0 radical (unpaired) electrons. The smallest absolute Gasteiger partial charge is 0.121 e. The first-order valence-corrected chi connectivity index (χ1v) is 7.99. The number of imidazole rings is 1. The molecule has 0 amide bonds. The number of ether oxygens (including phenoxy) is 1. The lowest BCUT2D eigenvalue weighted by molar-refractivity contribution is 0.415. The normalized spacial score (nSPS) is 27.9. The topological polar surface area (TPSA) is 39.1 Å². The van der Waals surface area contributed by atoms with Gasteiger partial charge in [0.05, 0.1) is 18.1 Å². The van der Waals surface area contributed by atoms with E-state index in [1.165, 1.54) is 30.6 Å². The van der Waals surface area contributed by atoms with Crippen LogP contribution in [0, 0.1) is 0 Å². The number of methoxy groups -OCH3 is 1. The third-order valence-corrected chi connectivity index (χ3v) is 5.07. The van der Waals surface area contributed by atoms with Gasteiger partial charge in [-0.1, -0.05) is 0 Å². The second-order valence-electron chi connectivity index (χ2n) is 6.68. The summed E-state index contributed by atoms with van der Waals surface area (Å²) in [6, 6.07) is 7.98. The molecule has 2 fully saturated rings. The van der Waals surface area contributed by atoms with Gasteiger partial charge in [0.25, 0.3) is 0 Å². The predicted octanol–water partition coefficient (Wildman–Crippen LogP) is 3.23. The summed E-state index contributed by atoms with van der Waals surface area (Å²) >= 11 is 0. The Morgan fingerprint density at radius 1 is 1.33 bits per heavy atom. The summed E-state index contributed by atoms with van der Waals surface area (Å²) in [7, 11) is 1.71. The molecule has 4 nitrogen and oxygen atoms in total. The van der Waals surface area contributed by atoms with E-state index in [2.05, 4.69) is 35.9 Å². The van der Waals surface area contributed by atoms with Crippen LogP contribution in [0.1, 0.15) is 50.9 Å². The molecule has 21 heavy (non-hydrogen) atoms. The SMILES string of the molecule is COc1ccc2c(c1)nc(C1CC3CCC1N3)n2C(C)C. The molecule has 0 aliphatic carbocycles. The highest BCUT2D eigenvalue weighted by Gasteiger charge is 2.42. The van der Waals surface area contributed by atoms with E-state index < -0.39 is 0 Å². The van der Waals surface area contributed by atoms with E-state index in [0.29, 0.717) is 24.0 Å². The highest BCUT2D eigenvalue weighted by molar-refractivity contribution is 5.78. The molecule has 1 aromatic carbocycles. The molecule has 0 saturated carbocycles. The molecule has 4 heteroatoms. The summed E-state index contributed by atoms with van der Waals surface area (Å²) in [5.41, 5.74) is 2.28. The van der Waals surface area contributed by atoms with E-state index in [9.17, 15) is 0 Å². The average Bonchev–Trinajstić information content (AvgIpc) is 3.18. The van der Waals surface area contributed by atoms with Gasteiger partial charge in [0.2, 0.25) is 0 Å². The summed E-state index contributed by atoms with van der Waals surface area (Å²) in [6.45, 7) is 4.49. The van der Waals surface area contributed by atoms with Crippen molar-refractivity contribution in [2.45, 2.75) is 57.2 Å². The van der Waals surface area contributed by atoms with Crippen molar-refractivity contribution in [2.24, 2.45) is 0 Å². The Morgan fingerprint density at radius 3 is 2.81 bits per heavy atom. The molecule has 112 valence electrons. The lowest BCUT2D eigenvalue weighted by Crippen LogP contribution is -2.24. The zero-order chi connectivity index (χ0) is 14.6. The molecule has 0 spiro atoms. The minimum Gasteiger partial charge on any atom is -0.497 e. The summed E-state index contributed by atoms with van der Waals surface area (Å²) in [5, 5.41) is 3.73. The van der Waals surface area contributed by atoms with Crippen molar-refractivity contribution in [1.29, 1.82) is 0 Å². The fourth-order valence-corrected chi connectivity index (χ4v) is 4.14. The zero-order valence-electron chi connectivity index (χ0n) is 13.0. The number of rotatable bonds is 3. The molecule has 2 aliphatic rings. The Balaban J connectivity index is 1.85. The van der Waals surface area contributed by atoms with Gasteiger partial charge in [-0.3, -0.25) is 0 Å². The third kappa shape index (κ3) is 1.96. The van der Waals surface area contributed by atoms with Crippen LogP contribution in [0.25, 0.3) is 11.0 Å². The van der Waals surface area contributed by atoms with Gasteiger partial charge in [0.15, 0.2) is 0 Å². The summed E-state index contributed by atoms with van der Waals surface area (Å²) < 4.78 is 7.76. The first-order valence-electron chi connectivity index (χ1n) is 7.99. The van der Waals surface area contributed by atoms with E-state index in [-0.39, 0.29) is 0 Å². The van der Waals surface area contributed by atoms with Gasteiger partial charge in [0.1, 0.15) is 11.6 Å². The molecule has 2 aliphatic heterocycles.